The number of benzene rings is 3. The number of ether oxygens (including phenoxy) is 5. The van der Waals surface area contributed by atoms with Crippen molar-refractivity contribution >= 4 is 11.4 Å². The monoisotopic (exact) mass is 499 g/mol. The summed E-state index contributed by atoms with van der Waals surface area (Å²) in [5.41, 5.74) is 5.18. The predicted molar refractivity (Wildman–Crippen MR) is 146 cm³/mol. The van der Waals surface area contributed by atoms with Gasteiger partial charge in [-0.3, -0.25) is 4.42 Å². The molecule has 0 radical (unpaired) electrons. The van der Waals surface area contributed by atoms with Crippen LogP contribution in [0.2, 0.25) is 0 Å². The maximum atomic E-state index is 5.80. The van der Waals surface area contributed by atoms with Gasteiger partial charge in [0.25, 0.3) is 7.11 Å². The standard InChI is InChI=1S/C31H31O6/c1-32-22-10-7-11-23(33-2)28(22)20-16-18-21(19-17-20)29(30-24(34-3)12-8-13-25(30)35-4)31-26(36-5)14-9-15-27(31)37-6/h7-19H,1-6H3/q+1. The van der Waals surface area contributed by atoms with Crippen LogP contribution in [0.15, 0.2) is 90.2 Å². The van der Waals surface area contributed by atoms with E-state index in [0.29, 0.717) is 23.0 Å². The third-order valence-electron chi connectivity index (χ3n) is 6.25. The zero-order valence-corrected chi connectivity index (χ0v) is 22.0. The lowest BCUT2D eigenvalue weighted by molar-refractivity contribution is -0.418. The van der Waals surface area contributed by atoms with E-state index in [1.807, 2.05) is 78.9 Å². The Morgan fingerprint density at radius 1 is 0.649 bits per heavy atom. The fourth-order valence-corrected chi connectivity index (χ4v) is 4.55. The molecule has 0 saturated carbocycles. The summed E-state index contributed by atoms with van der Waals surface area (Å²) in [4.78, 5) is 0. The first-order valence-electron chi connectivity index (χ1n) is 11.7. The summed E-state index contributed by atoms with van der Waals surface area (Å²) in [6, 6.07) is 19.6. The molecule has 1 aliphatic carbocycles. The van der Waals surface area contributed by atoms with E-state index in [9.17, 15) is 0 Å². The molecule has 0 aromatic heterocycles. The van der Waals surface area contributed by atoms with E-state index < -0.39 is 0 Å². The van der Waals surface area contributed by atoms with Crippen LogP contribution in [0, 0.1) is 0 Å². The van der Waals surface area contributed by atoms with Crippen LogP contribution in [-0.2, 0) is 9.16 Å². The van der Waals surface area contributed by atoms with Gasteiger partial charge < -0.3 is 23.7 Å². The second kappa shape index (κ2) is 11.5. The summed E-state index contributed by atoms with van der Waals surface area (Å²) < 4.78 is 34.4. The zero-order valence-electron chi connectivity index (χ0n) is 22.0. The predicted octanol–water partition coefficient (Wildman–Crippen LogP) is 6.02. The topological polar surface area (TPSA) is 57.5 Å². The van der Waals surface area contributed by atoms with Gasteiger partial charge in [-0.1, -0.05) is 36.4 Å². The van der Waals surface area contributed by atoms with Crippen molar-refractivity contribution in [1.29, 1.82) is 0 Å². The summed E-state index contributed by atoms with van der Waals surface area (Å²) in [5, 5.41) is 0. The van der Waals surface area contributed by atoms with Gasteiger partial charge in [0.1, 0.15) is 34.3 Å². The minimum Gasteiger partial charge on any atom is -0.496 e. The first kappa shape index (κ1) is 25.6. The minimum absolute atomic E-state index is 0.665. The quantitative estimate of drug-likeness (QED) is 0.280. The van der Waals surface area contributed by atoms with Gasteiger partial charge in [-0.2, -0.15) is 0 Å². The molecule has 0 N–H and O–H groups in total. The van der Waals surface area contributed by atoms with Crippen LogP contribution < -0.4 is 18.9 Å². The van der Waals surface area contributed by atoms with E-state index in [1.54, 1.807) is 42.7 Å². The van der Waals surface area contributed by atoms with E-state index in [1.165, 1.54) is 0 Å². The Kier molecular flexibility index (Phi) is 7.98. The van der Waals surface area contributed by atoms with Gasteiger partial charge >= 0.3 is 5.78 Å². The molecule has 0 saturated heterocycles. The second-order valence-corrected chi connectivity index (χ2v) is 8.06. The normalized spacial score (nSPS) is 15.2. The molecule has 190 valence electrons. The number of allylic oxidation sites excluding steroid dienone is 4. The molecule has 0 bridgehead atoms. The lowest BCUT2D eigenvalue weighted by atomic mass is 9.86. The molecule has 1 aliphatic rings. The fraction of sp³-hybridized carbons (Fsp3) is 0.194. The molecule has 37 heavy (non-hydrogen) atoms. The van der Waals surface area contributed by atoms with Crippen molar-refractivity contribution in [3.63, 3.8) is 0 Å². The maximum absolute atomic E-state index is 5.80. The van der Waals surface area contributed by atoms with Gasteiger partial charge in [0.05, 0.1) is 46.7 Å². The van der Waals surface area contributed by atoms with Crippen LogP contribution >= 0.6 is 0 Å². The van der Waals surface area contributed by atoms with E-state index in [4.69, 9.17) is 28.1 Å². The summed E-state index contributed by atoms with van der Waals surface area (Å²) in [6.45, 7) is 0. The minimum atomic E-state index is 0.665. The number of ketones is 1. The first-order valence-corrected chi connectivity index (χ1v) is 11.7. The highest BCUT2D eigenvalue weighted by Crippen LogP contribution is 2.44. The van der Waals surface area contributed by atoms with Crippen molar-refractivity contribution in [3.05, 3.63) is 101 Å². The Morgan fingerprint density at radius 2 is 1.19 bits per heavy atom. The largest absolute Gasteiger partial charge is 0.496 e. The smallest absolute Gasteiger partial charge is 0.354 e. The summed E-state index contributed by atoms with van der Waals surface area (Å²) in [6.07, 6.45) is 5.72. The van der Waals surface area contributed by atoms with Crippen LogP contribution in [-0.4, -0.2) is 48.4 Å². The Hall–Kier alpha value is -4.45. The van der Waals surface area contributed by atoms with Gasteiger partial charge in [-0.05, 0) is 47.5 Å². The van der Waals surface area contributed by atoms with Crippen molar-refractivity contribution in [2.75, 3.05) is 42.7 Å². The molecule has 6 nitrogen and oxygen atoms in total. The lowest BCUT2D eigenvalue weighted by Crippen LogP contribution is -2.13. The third kappa shape index (κ3) is 4.83. The molecule has 3 aromatic rings. The number of methoxy groups -OCH3 is 5. The molecule has 0 heterocycles. The molecule has 0 amide bonds. The van der Waals surface area contributed by atoms with E-state index >= 15 is 0 Å². The fourth-order valence-electron chi connectivity index (χ4n) is 4.55. The summed E-state index contributed by atoms with van der Waals surface area (Å²) in [7, 11) is 9.89. The molecule has 6 heteroatoms. The van der Waals surface area contributed by atoms with E-state index in [2.05, 4.69) is 0 Å². The Balaban J connectivity index is 2.02. The maximum Gasteiger partial charge on any atom is 0.354 e. The Bertz CT molecular complexity index is 1350. The molecule has 0 fully saturated rings. The van der Waals surface area contributed by atoms with Gasteiger partial charge in [0, 0.05) is 11.6 Å². The van der Waals surface area contributed by atoms with E-state index in [0.717, 1.165) is 44.9 Å². The van der Waals surface area contributed by atoms with Crippen molar-refractivity contribution in [3.8, 4) is 34.1 Å². The summed E-state index contributed by atoms with van der Waals surface area (Å²) >= 11 is 0. The van der Waals surface area contributed by atoms with Gasteiger partial charge in [0.15, 0.2) is 0 Å². The number of rotatable bonds is 8. The van der Waals surface area contributed by atoms with Gasteiger partial charge in [-0.15, -0.1) is 0 Å². The highest BCUT2D eigenvalue weighted by atomic mass is 16.5. The number of carbonyl (C=O) groups excluding carboxylic acids is 1. The van der Waals surface area contributed by atoms with Crippen LogP contribution in [0.1, 0.15) is 11.1 Å². The van der Waals surface area contributed by atoms with Crippen LogP contribution in [0.4, 0.5) is 0 Å². The highest BCUT2D eigenvalue weighted by molar-refractivity contribution is 6.16. The Labute approximate surface area is 217 Å². The first-order chi connectivity index (χ1) is 18.1. The molecular weight excluding hydrogens is 468 g/mol. The molecule has 3 aromatic carbocycles. The SMILES string of the molecule is COC1=CC=CC(=[O+]C)C1=C(c1ccc(-c2c(OC)cccc2OC)cc1)c1c(OC)cccc1OC. The number of hydrogen-bond donors (Lipinski definition) is 0. The highest BCUT2D eigenvalue weighted by Gasteiger charge is 2.31. The number of hydrogen-bond acceptors (Lipinski definition) is 5. The molecule has 0 unspecified atom stereocenters. The van der Waals surface area contributed by atoms with Gasteiger partial charge in [0.2, 0.25) is 0 Å². The molecule has 4 rings (SSSR count). The van der Waals surface area contributed by atoms with Crippen molar-refractivity contribution in [2.45, 2.75) is 0 Å². The third-order valence-corrected chi connectivity index (χ3v) is 6.25. The molecule has 0 spiro atoms. The second-order valence-electron chi connectivity index (χ2n) is 8.06. The molecule has 0 aliphatic heterocycles. The van der Waals surface area contributed by atoms with Crippen molar-refractivity contribution < 1.29 is 28.1 Å². The van der Waals surface area contributed by atoms with Crippen molar-refractivity contribution in [2.24, 2.45) is 0 Å². The van der Waals surface area contributed by atoms with Crippen LogP contribution in [0.25, 0.3) is 16.7 Å². The Morgan fingerprint density at radius 3 is 1.68 bits per heavy atom. The zero-order chi connectivity index (χ0) is 26.4. The average molecular weight is 500 g/mol. The molecule has 0 atom stereocenters. The van der Waals surface area contributed by atoms with E-state index in [-0.39, 0.29) is 0 Å². The summed E-state index contributed by atoms with van der Waals surface area (Å²) in [5.74, 6) is 4.12. The molecular formula is C31H31O6+. The van der Waals surface area contributed by atoms with Crippen LogP contribution in [0.5, 0.6) is 23.0 Å². The van der Waals surface area contributed by atoms with Gasteiger partial charge in [-0.25, -0.2) is 0 Å². The average Bonchev–Trinajstić information content (AvgIpc) is 2.97. The lowest BCUT2D eigenvalue weighted by Gasteiger charge is -2.21. The van der Waals surface area contributed by atoms with Crippen molar-refractivity contribution in [1.82, 2.24) is 0 Å². The van der Waals surface area contributed by atoms with Crippen LogP contribution in [0.3, 0.4) is 0 Å².